The molecule has 3 N–H and O–H groups in total. The first kappa shape index (κ1) is 10.8. The van der Waals surface area contributed by atoms with Crippen LogP contribution in [-0.4, -0.2) is 17.8 Å². The highest BCUT2D eigenvalue weighted by molar-refractivity contribution is 7.99. The third-order valence-corrected chi connectivity index (χ3v) is 3.68. The molecule has 0 heterocycles. The van der Waals surface area contributed by atoms with Gasteiger partial charge in [0.1, 0.15) is 0 Å². The van der Waals surface area contributed by atoms with Crippen molar-refractivity contribution in [3.05, 3.63) is 24.3 Å². The third kappa shape index (κ3) is 2.67. The Balaban J connectivity index is 2.00. The quantitative estimate of drug-likeness (QED) is 0.769. The predicted molar refractivity (Wildman–Crippen MR) is 67.5 cm³/mol. The summed E-state index contributed by atoms with van der Waals surface area (Å²) in [6, 6.07) is 9.50. The van der Waals surface area contributed by atoms with Crippen molar-refractivity contribution in [1.29, 1.82) is 0 Å². The van der Waals surface area contributed by atoms with Gasteiger partial charge in [-0.2, -0.15) is 0 Å². The van der Waals surface area contributed by atoms with Crippen LogP contribution in [0.3, 0.4) is 0 Å². The van der Waals surface area contributed by atoms with Gasteiger partial charge in [-0.3, -0.25) is 0 Å². The zero-order valence-electron chi connectivity index (χ0n) is 9.07. The fourth-order valence-corrected chi connectivity index (χ4v) is 2.64. The molecule has 0 saturated heterocycles. The van der Waals surface area contributed by atoms with Gasteiger partial charge in [0.2, 0.25) is 0 Å². The van der Waals surface area contributed by atoms with Crippen LogP contribution in [0.2, 0.25) is 0 Å². The number of hydrogen-bond donors (Lipinski definition) is 2. The smallest absolute Gasteiger partial charge is 0.0480 e. The van der Waals surface area contributed by atoms with Gasteiger partial charge in [0.15, 0.2) is 0 Å². The molecule has 0 aromatic heterocycles. The van der Waals surface area contributed by atoms with Gasteiger partial charge in [0, 0.05) is 22.7 Å². The number of rotatable bonds is 4. The van der Waals surface area contributed by atoms with E-state index in [0.717, 1.165) is 18.6 Å². The Labute approximate surface area is 95.6 Å². The molecule has 1 aromatic carbocycles. The SMILES string of the molecule is CCSc1ccccc1NC1CC(N)C1. The Morgan fingerprint density at radius 3 is 2.80 bits per heavy atom. The van der Waals surface area contributed by atoms with Gasteiger partial charge in [0.05, 0.1) is 0 Å². The minimum atomic E-state index is 0.411. The van der Waals surface area contributed by atoms with Crippen molar-refractivity contribution in [2.24, 2.45) is 5.73 Å². The lowest BCUT2D eigenvalue weighted by molar-refractivity contribution is 0.373. The van der Waals surface area contributed by atoms with Crippen molar-refractivity contribution in [2.45, 2.75) is 36.7 Å². The molecule has 1 aliphatic carbocycles. The fourth-order valence-electron chi connectivity index (χ4n) is 1.87. The molecule has 0 atom stereocenters. The van der Waals surface area contributed by atoms with Gasteiger partial charge in [-0.15, -0.1) is 11.8 Å². The van der Waals surface area contributed by atoms with Gasteiger partial charge in [-0.25, -0.2) is 0 Å². The molecule has 82 valence electrons. The lowest BCUT2D eigenvalue weighted by Crippen LogP contribution is -2.44. The maximum absolute atomic E-state index is 5.77. The van der Waals surface area contributed by atoms with E-state index in [0.29, 0.717) is 12.1 Å². The van der Waals surface area contributed by atoms with Crippen LogP contribution in [-0.2, 0) is 0 Å². The Morgan fingerprint density at radius 1 is 1.40 bits per heavy atom. The van der Waals surface area contributed by atoms with Crippen molar-refractivity contribution in [3.63, 3.8) is 0 Å². The van der Waals surface area contributed by atoms with Gasteiger partial charge in [-0.05, 0) is 30.7 Å². The second kappa shape index (κ2) is 4.90. The lowest BCUT2D eigenvalue weighted by Gasteiger charge is -2.34. The van der Waals surface area contributed by atoms with E-state index >= 15 is 0 Å². The van der Waals surface area contributed by atoms with Crippen LogP contribution in [0.5, 0.6) is 0 Å². The highest BCUT2D eigenvalue weighted by Crippen LogP contribution is 2.30. The van der Waals surface area contributed by atoms with Crippen LogP contribution in [0.4, 0.5) is 5.69 Å². The van der Waals surface area contributed by atoms with Crippen LogP contribution in [0.25, 0.3) is 0 Å². The number of nitrogens with two attached hydrogens (primary N) is 1. The highest BCUT2D eigenvalue weighted by Gasteiger charge is 2.25. The first-order valence-corrected chi connectivity index (χ1v) is 6.52. The van der Waals surface area contributed by atoms with E-state index in [9.17, 15) is 0 Å². The number of benzene rings is 1. The second-order valence-electron chi connectivity index (χ2n) is 4.00. The molecular weight excluding hydrogens is 204 g/mol. The number of anilines is 1. The van der Waals surface area contributed by atoms with Crippen LogP contribution < -0.4 is 11.1 Å². The molecule has 2 nitrogen and oxygen atoms in total. The monoisotopic (exact) mass is 222 g/mol. The molecule has 1 aliphatic rings. The molecule has 0 spiro atoms. The summed E-state index contributed by atoms with van der Waals surface area (Å²) in [5.74, 6) is 1.11. The Hall–Kier alpha value is -0.670. The maximum Gasteiger partial charge on any atom is 0.0480 e. The summed E-state index contributed by atoms with van der Waals surface area (Å²) in [4.78, 5) is 1.35. The summed E-state index contributed by atoms with van der Waals surface area (Å²) in [6.45, 7) is 2.18. The van der Waals surface area contributed by atoms with Crippen molar-refractivity contribution < 1.29 is 0 Å². The predicted octanol–water partition coefficient (Wildman–Crippen LogP) is 2.70. The van der Waals surface area contributed by atoms with E-state index in [-0.39, 0.29) is 0 Å². The van der Waals surface area contributed by atoms with Crippen LogP contribution in [0.15, 0.2) is 29.2 Å². The molecular formula is C12H18N2S. The number of para-hydroxylation sites is 1. The van der Waals surface area contributed by atoms with Crippen molar-refractivity contribution in [3.8, 4) is 0 Å². The third-order valence-electron chi connectivity index (χ3n) is 2.72. The van der Waals surface area contributed by atoms with Crippen molar-refractivity contribution in [2.75, 3.05) is 11.1 Å². The lowest BCUT2D eigenvalue weighted by atomic mass is 9.87. The van der Waals surface area contributed by atoms with Gasteiger partial charge < -0.3 is 11.1 Å². The summed E-state index contributed by atoms with van der Waals surface area (Å²) in [7, 11) is 0. The molecule has 0 radical (unpaired) electrons. The molecule has 15 heavy (non-hydrogen) atoms. The van der Waals surface area contributed by atoms with E-state index < -0.39 is 0 Å². The summed E-state index contributed by atoms with van der Waals surface area (Å²) in [5, 5.41) is 3.56. The van der Waals surface area contributed by atoms with Crippen molar-refractivity contribution >= 4 is 17.4 Å². The molecule has 1 aromatic rings. The van der Waals surface area contributed by atoms with E-state index in [4.69, 9.17) is 5.73 Å². The standard InChI is InChI=1S/C12H18N2S/c1-2-15-12-6-4-3-5-11(12)14-10-7-9(13)8-10/h3-6,9-10,14H,2,7-8,13H2,1H3. The molecule has 0 bridgehead atoms. The maximum atomic E-state index is 5.77. The molecule has 1 fully saturated rings. The van der Waals surface area contributed by atoms with Gasteiger partial charge in [0.25, 0.3) is 0 Å². The van der Waals surface area contributed by atoms with Crippen molar-refractivity contribution in [1.82, 2.24) is 0 Å². The van der Waals surface area contributed by atoms with E-state index in [1.807, 2.05) is 11.8 Å². The Bertz CT molecular complexity index is 321. The minimum absolute atomic E-state index is 0.411. The minimum Gasteiger partial charge on any atom is -0.381 e. The second-order valence-corrected chi connectivity index (χ2v) is 5.31. The fraction of sp³-hybridized carbons (Fsp3) is 0.500. The topological polar surface area (TPSA) is 38.0 Å². The molecule has 2 rings (SSSR count). The van der Waals surface area contributed by atoms with Crippen LogP contribution in [0, 0.1) is 0 Å². The summed E-state index contributed by atoms with van der Waals surface area (Å²) < 4.78 is 0. The number of thioether (sulfide) groups is 1. The first-order chi connectivity index (χ1) is 7.29. The van der Waals surface area contributed by atoms with Gasteiger partial charge in [-0.1, -0.05) is 19.1 Å². The summed E-state index contributed by atoms with van der Waals surface area (Å²) in [6.07, 6.45) is 2.20. The van der Waals surface area contributed by atoms with E-state index in [1.165, 1.54) is 10.6 Å². The van der Waals surface area contributed by atoms with E-state index in [1.54, 1.807) is 0 Å². The normalized spacial score (nSPS) is 24.7. The first-order valence-electron chi connectivity index (χ1n) is 5.53. The molecule has 0 aliphatic heterocycles. The number of nitrogens with one attached hydrogen (secondary N) is 1. The van der Waals surface area contributed by atoms with Gasteiger partial charge >= 0.3 is 0 Å². The summed E-state index contributed by atoms with van der Waals surface area (Å²) >= 11 is 1.89. The molecule has 0 unspecified atom stereocenters. The van der Waals surface area contributed by atoms with Crippen LogP contribution in [0.1, 0.15) is 19.8 Å². The zero-order chi connectivity index (χ0) is 10.7. The van der Waals surface area contributed by atoms with Crippen LogP contribution >= 0.6 is 11.8 Å². The average Bonchev–Trinajstić information content (AvgIpc) is 2.19. The summed E-state index contributed by atoms with van der Waals surface area (Å²) in [5.41, 5.74) is 7.04. The zero-order valence-corrected chi connectivity index (χ0v) is 9.89. The molecule has 1 saturated carbocycles. The molecule has 3 heteroatoms. The average molecular weight is 222 g/mol. The largest absolute Gasteiger partial charge is 0.381 e. The Morgan fingerprint density at radius 2 is 2.13 bits per heavy atom. The number of hydrogen-bond acceptors (Lipinski definition) is 3. The highest BCUT2D eigenvalue weighted by atomic mass is 32.2. The Kier molecular flexibility index (Phi) is 3.54. The van der Waals surface area contributed by atoms with E-state index in [2.05, 4.69) is 36.5 Å². The molecule has 0 amide bonds.